The molecular weight excluding hydrogens is 611 g/mol. The molecule has 242 valence electrons. The van der Waals surface area contributed by atoms with E-state index in [4.69, 9.17) is 9.47 Å². The maximum Gasteiger partial charge on any atom is 0.315 e. The van der Waals surface area contributed by atoms with Crippen molar-refractivity contribution in [2.45, 2.75) is 50.3 Å². The summed E-state index contributed by atoms with van der Waals surface area (Å²) in [4.78, 5) is 12.4. The number of aryl methyl sites for hydroxylation is 1. The Balaban J connectivity index is 1.13. The average Bonchev–Trinajstić information content (AvgIpc) is 3.54. The summed E-state index contributed by atoms with van der Waals surface area (Å²) in [6.45, 7) is 3.05. The van der Waals surface area contributed by atoms with E-state index in [1.54, 1.807) is 18.1 Å². The minimum atomic E-state index is -0.558. The fraction of sp³-hybridized carbons (Fsp3) is 0.270. The molecule has 0 saturated carbocycles. The number of aliphatic hydroxyl groups is 1. The van der Waals surface area contributed by atoms with Crippen molar-refractivity contribution in [2.24, 2.45) is 13.0 Å². The number of nitrogens with zero attached hydrogens (tertiary/aromatic N) is 3. The monoisotopic (exact) mass is 649 g/mol. The number of hydrogen-bond acceptors (Lipinski definition) is 7. The highest BCUT2D eigenvalue weighted by molar-refractivity contribution is 7.99. The quantitative estimate of drug-likeness (QED) is 0.139. The smallest absolute Gasteiger partial charge is 0.315 e. The molecule has 10 heteroatoms. The number of benzene rings is 4. The fourth-order valence-electron chi connectivity index (χ4n) is 5.59. The molecule has 2 heterocycles. The van der Waals surface area contributed by atoms with Gasteiger partial charge in [-0.15, -0.1) is 10.2 Å². The van der Waals surface area contributed by atoms with Gasteiger partial charge in [0.05, 0.1) is 18.8 Å². The van der Waals surface area contributed by atoms with Gasteiger partial charge in [0.1, 0.15) is 6.33 Å². The van der Waals surface area contributed by atoms with Gasteiger partial charge in [0, 0.05) is 37.4 Å². The number of aliphatic hydroxyl groups excluding tert-OH is 1. The maximum absolute atomic E-state index is 12.4. The van der Waals surface area contributed by atoms with Crippen molar-refractivity contribution >= 4 is 17.8 Å². The number of carbonyl (C=O) groups excluding carboxylic acids is 1. The molecule has 1 aliphatic heterocycles. The predicted molar refractivity (Wildman–Crippen MR) is 182 cm³/mol. The van der Waals surface area contributed by atoms with Crippen molar-refractivity contribution in [1.29, 1.82) is 0 Å². The molecule has 0 radical (unpaired) electrons. The number of amides is 2. The Kier molecular flexibility index (Phi) is 10.6. The molecule has 1 fully saturated rings. The van der Waals surface area contributed by atoms with Crippen LogP contribution < -0.4 is 10.6 Å². The van der Waals surface area contributed by atoms with Crippen molar-refractivity contribution in [1.82, 2.24) is 25.4 Å². The largest absolute Gasteiger partial charge is 0.392 e. The van der Waals surface area contributed by atoms with Gasteiger partial charge in [-0.2, -0.15) is 0 Å². The minimum absolute atomic E-state index is 0.0000843. The van der Waals surface area contributed by atoms with E-state index in [0.29, 0.717) is 18.8 Å². The van der Waals surface area contributed by atoms with Crippen LogP contribution in [0.5, 0.6) is 0 Å². The first kappa shape index (κ1) is 32.5. The number of hydrogen-bond donors (Lipinski definition) is 3. The SMILES string of the molecule is C[C@@H]1[C@H](CSc2nncn2C)O[C@H](c2ccc(-c3cccc(CNC(=O)NCc4ccccc4)c3)cc2)O[C@@H]1c1ccc(CO)cc1. The van der Waals surface area contributed by atoms with Crippen LogP contribution in [0, 0.1) is 5.92 Å². The number of thioether (sulfide) groups is 1. The lowest BCUT2D eigenvalue weighted by molar-refractivity contribution is -0.268. The van der Waals surface area contributed by atoms with Crippen LogP contribution in [0.15, 0.2) is 115 Å². The topological polar surface area (TPSA) is 111 Å². The van der Waals surface area contributed by atoms with Gasteiger partial charge in [-0.25, -0.2) is 4.79 Å². The fourth-order valence-corrected chi connectivity index (χ4v) is 6.64. The molecule has 3 N–H and O–H groups in total. The molecule has 0 unspecified atom stereocenters. The van der Waals surface area contributed by atoms with Crippen LogP contribution in [0.1, 0.15) is 47.1 Å². The van der Waals surface area contributed by atoms with E-state index >= 15 is 0 Å². The van der Waals surface area contributed by atoms with E-state index in [1.807, 2.05) is 78.3 Å². The molecule has 1 aromatic heterocycles. The Morgan fingerprint density at radius 1 is 0.830 bits per heavy atom. The maximum atomic E-state index is 12.4. The van der Waals surface area contributed by atoms with E-state index in [2.05, 4.69) is 64.2 Å². The number of rotatable bonds is 11. The van der Waals surface area contributed by atoms with Crippen LogP contribution in [0.25, 0.3) is 11.1 Å². The standard InChI is InChI=1S/C37H39N5O4S/c1-25-33(23-47-37-41-40-24-42(37)2)45-35(46-34(25)30-13-11-27(22-43)12-14-30)31-17-15-29(16-18-31)32-10-6-9-28(19-32)21-39-36(44)38-20-26-7-4-3-5-8-26/h3-19,24-25,33-35,43H,20-23H2,1-2H3,(H2,38,39,44)/t25-,33+,34+,35+/m1/s1. The zero-order valence-corrected chi connectivity index (χ0v) is 27.3. The highest BCUT2D eigenvalue weighted by Crippen LogP contribution is 2.43. The summed E-state index contributed by atoms with van der Waals surface area (Å²) >= 11 is 1.62. The lowest BCUT2D eigenvalue weighted by atomic mass is 9.91. The zero-order chi connectivity index (χ0) is 32.6. The third-order valence-corrected chi connectivity index (χ3v) is 9.49. The molecule has 0 aliphatic carbocycles. The van der Waals surface area contributed by atoms with Gasteiger partial charge >= 0.3 is 6.03 Å². The minimum Gasteiger partial charge on any atom is -0.392 e. The number of nitrogens with one attached hydrogen (secondary N) is 2. The molecule has 0 spiro atoms. The summed E-state index contributed by atoms with van der Waals surface area (Å²) in [7, 11) is 1.93. The van der Waals surface area contributed by atoms with Gasteiger partial charge in [-0.1, -0.05) is 116 Å². The summed E-state index contributed by atoms with van der Waals surface area (Å²) in [6.07, 6.45) is 0.840. The van der Waals surface area contributed by atoms with Crippen LogP contribution in [0.4, 0.5) is 4.79 Å². The van der Waals surface area contributed by atoms with E-state index in [1.165, 1.54) is 0 Å². The molecule has 2 amide bonds. The average molecular weight is 650 g/mol. The number of ether oxygens (including phenoxy) is 2. The van der Waals surface area contributed by atoms with E-state index in [0.717, 1.165) is 44.1 Å². The highest BCUT2D eigenvalue weighted by Gasteiger charge is 2.38. The summed E-state index contributed by atoms with van der Waals surface area (Å²) in [5.41, 5.74) is 7.01. The number of urea groups is 1. The molecule has 4 atom stereocenters. The summed E-state index contributed by atoms with van der Waals surface area (Å²) in [5.74, 6) is 0.769. The van der Waals surface area contributed by atoms with Crippen LogP contribution in [-0.4, -0.2) is 37.8 Å². The third-order valence-electron chi connectivity index (χ3n) is 8.36. The number of carbonyl (C=O) groups is 1. The van der Waals surface area contributed by atoms with Gasteiger partial charge in [-0.05, 0) is 39.4 Å². The van der Waals surface area contributed by atoms with Crippen LogP contribution in [-0.2, 0) is 36.2 Å². The first-order chi connectivity index (χ1) is 23.0. The summed E-state index contributed by atoms with van der Waals surface area (Å²) in [6, 6.07) is 34.0. The molecule has 9 nitrogen and oxygen atoms in total. The molecule has 6 rings (SSSR count). The van der Waals surface area contributed by atoms with Gasteiger partial charge in [0.25, 0.3) is 0 Å². The molecule has 5 aromatic rings. The Labute approximate surface area is 279 Å². The molecule has 4 aromatic carbocycles. The molecule has 1 saturated heterocycles. The predicted octanol–water partition coefficient (Wildman–Crippen LogP) is 6.56. The first-order valence-corrected chi connectivity index (χ1v) is 16.7. The number of aromatic nitrogens is 3. The lowest BCUT2D eigenvalue weighted by Crippen LogP contribution is -2.38. The van der Waals surface area contributed by atoms with Crippen molar-refractivity contribution in [3.8, 4) is 11.1 Å². The summed E-state index contributed by atoms with van der Waals surface area (Å²) in [5, 5.41) is 24.5. The summed E-state index contributed by atoms with van der Waals surface area (Å²) < 4.78 is 15.1. The van der Waals surface area contributed by atoms with Gasteiger partial charge < -0.3 is 29.8 Å². The second-order valence-electron chi connectivity index (χ2n) is 11.7. The van der Waals surface area contributed by atoms with Crippen molar-refractivity contribution in [3.63, 3.8) is 0 Å². The van der Waals surface area contributed by atoms with Gasteiger partial charge in [0.15, 0.2) is 11.4 Å². The van der Waals surface area contributed by atoms with Crippen LogP contribution in [0.3, 0.4) is 0 Å². The van der Waals surface area contributed by atoms with E-state index in [9.17, 15) is 9.90 Å². The molecule has 47 heavy (non-hydrogen) atoms. The van der Waals surface area contributed by atoms with E-state index in [-0.39, 0.29) is 30.8 Å². The third kappa shape index (κ3) is 8.28. The molecule has 1 aliphatic rings. The van der Waals surface area contributed by atoms with Crippen LogP contribution >= 0.6 is 11.8 Å². The highest BCUT2D eigenvalue weighted by atomic mass is 32.2. The van der Waals surface area contributed by atoms with Crippen LogP contribution in [0.2, 0.25) is 0 Å². The Bertz CT molecular complexity index is 1750. The van der Waals surface area contributed by atoms with Crippen molar-refractivity contribution in [2.75, 3.05) is 5.75 Å². The molecule has 0 bridgehead atoms. The first-order valence-electron chi connectivity index (χ1n) is 15.7. The van der Waals surface area contributed by atoms with Gasteiger partial charge in [0.2, 0.25) is 0 Å². The van der Waals surface area contributed by atoms with E-state index < -0.39 is 6.29 Å². The Morgan fingerprint density at radius 2 is 1.53 bits per heavy atom. The lowest BCUT2D eigenvalue weighted by Gasteiger charge is -2.41. The van der Waals surface area contributed by atoms with Crippen molar-refractivity contribution in [3.05, 3.63) is 137 Å². The zero-order valence-electron chi connectivity index (χ0n) is 26.5. The second-order valence-corrected chi connectivity index (χ2v) is 12.7. The Hall–Kier alpha value is -4.48. The Morgan fingerprint density at radius 3 is 2.23 bits per heavy atom. The normalized spacial score (nSPS) is 19.3. The second kappa shape index (κ2) is 15.4. The van der Waals surface area contributed by atoms with Crippen molar-refractivity contribution < 1.29 is 19.4 Å². The molecular formula is C37H39N5O4S. The van der Waals surface area contributed by atoms with Gasteiger partial charge in [-0.3, -0.25) is 0 Å².